The van der Waals surface area contributed by atoms with Crippen molar-refractivity contribution >= 4 is 53.2 Å². The summed E-state index contributed by atoms with van der Waals surface area (Å²) in [5.74, 6) is 1.94. The molecule has 0 amide bonds. The molecule has 0 radical (unpaired) electrons. The second-order valence-electron chi connectivity index (χ2n) is 16.2. The van der Waals surface area contributed by atoms with Crippen LogP contribution < -0.4 is 0 Å². The standard InChI is InChI=1S/C55H36N4S/c1-55(2)44-22-12-9-19-38(44)39-30-29-37(31-45(39)55)50-43-32-42(51-49(41-21-11-14-24-47(41)60-51)48(43)40-20-10-13-23-46(40)56-50)33-25-27-36(28-26-33)54-58-52(34-15-5-3-6-16-34)57-53(59-54)35-17-7-4-8-18-35/h3-32H,1-2H3. The summed E-state index contributed by atoms with van der Waals surface area (Å²) in [5, 5.41) is 6.10. The Morgan fingerprint density at radius 3 is 1.65 bits per heavy atom. The second-order valence-corrected chi connectivity index (χ2v) is 17.2. The van der Waals surface area contributed by atoms with E-state index in [1.165, 1.54) is 58.8 Å². The van der Waals surface area contributed by atoms with E-state index in [4.69, 9.17) is 19.9 Å². The fraction of sp³-hybridized carbons (Fsp3) is 0.0545. The fourth-order valence-electron chi connectivity index (χ4n) is 9.35. The number of para-hydroxylation sites is 1. The third-order valence-electron chi connectivity index (χ3n) is 12.3. The number of rotatable bonds is 5. The fourth-order valence-corrected chi connectivity index (χ4v) is 10.6. The molecule has 0 atom stereocenters. The van der Waals surface area contributed by atoms with Crippen molar-refractivity contribution < 1.29 is 0 Å². The van der Waals surface area contributed by atoms with Crippen LogP contribution in [0.5, 0.6) is 0 Å². The van der Waals surface area contributed by atoms with Gasteiger partial charge in [-0.15, -0.1) is 11.3 Å². The van der Waals surface area contributed by atoms with Crippen LogP contribution in [0.1, 0.15) is 25.0 Å². The van der Waals surface area contributed by atoms with Crippen molar-refractivity contribution in [3.63, 3.8) is 0 Å². The molecule has 8 aromatic carbocycles. The minimum absolute atomic E-state index is 0.124. The normalized spacial score (nSPS) is 13.0. The summed E-state index contributed by atoms with van der Waals surface area (Å²) in [5.41, 5.74) is 13.5. The van der Waals surface area contributed by atoms with Crippen LogP contribution in [-0.2, 0) is 5.41 Å². The first-order valence-electron chi connectivity index (χ1n) is 20.4. The van der Waals surface area contributed by atoms with Gasteiger partial charge in [-0.25, -0.2) is 19.9 Å². The number of fused-ring (bicyclic) bond motifs is 10. The molecule has 282 valence electrons. The van der Waals surface area contributed by atoms with E-state index in [0.717, 1.165) is 44.4 Å². The molecule has 3 heterocycles. The zero-order valence-electron chi connectivity index (χ0n) is 33.0. The van der Waals surface area contributed by atoms with Crippen molar-refractivity contribution in [2.75, 3.05) is 0 Å². The first-order valence-corrected chi connectivity index (χ1v) is 21.2. The molecule has 1 aliphatic carbocycles. The van der Waals surface area contributed by atoms with Crippen molar-refractivity contribution in [3.8, 4) is 67.7 Å². The number of hydrogen-bond acceptors (Lipinski definition) is 5. The monoisotopic (exact) mass is 784 g/mol. The molecule has 12 rings (SSSR count). The predicted molar refractivity (Wildman–Crippen MR) is 250 cm³/mol. The Bertz CT molecular complexity index is 3440. The minimum Gasteiger partial charge on any atom is -0.247 e. The van der Waals surface area contributed by atoms with E-state index in [2.05, 4.69) is 135 Å². The van der Waals surface area contributed by atoms with Gasteiger partial charge in [-0.1, -0.05) is 172 Å². The maximum Gasteiger partial charge on any atom is 0.164 e. The Morgan fingerprint density at radius 1 is 0.383 bits per heavy atom. The number of nitrogens with zero attached hydrogens (tertiary/aromatic N) is 4. The lowest BCUT2D eigenvalue weighted by atomic mass is 9.81. The molecule has 0 unspecified atom stereocenters. The average Bonchev–Trinajstić information content (AvgIpc) is 3.81. The summed E-state index contributed by atoms with van der Waals surface area (Å²) in [6.07, 6.45) is 0. The smallest absolute Gasteiger partial charge is 0.164 e. The van der Waals surface area contributed by atoms with Crippen LogP contribution in [0.3, 0.4) is 0 Å². The van der Waals surface area contributed by atoms with Crippen LogP contribution in [0.4, 0.5) is 0 Å². The zero-order chi connectivity index (χ0) is 40.0. The van der Waals surface area contributed by atoms with Crippen LogP contribution in [-0.4, -0.2) is 19.9 Å². The molecule has 60 heavy (non-hydrogen) atoms. The second kappa shape index (κ2) is 13.3. The highest BCUT2D eigenvalue weighted by Gasteiger charge is 2.35. The van der Waals surface area contributed by atoms with Crippen LogP contribution in [0.15, 0.2) is 182 Å². The Hall–Kier alpha value is -7.34. The lowest BCUT2D eigenvalue weighted by molar-refractivity contribution is 0.660. The Balaban J connectivity index is 1.08. The van der Waals surface area contributed by atoms with Gasteiger partial charge in [0.25, 0.3) is 0 Å². The lowest BCUT2D eigenvalue weighted by Gasteiger charge is -2.22. The van der Waals surface area contributed by atoms with E-state index in [-0.39, 0.29) is 5.41 Å². The first kappa shape index (κ1) is 34.7. The van der Waals surface area contributed by atoms with Gasteiger partial charge in [-0.3, -0.25) is 0 Å². The van der Waals surface area contributed by atoms with Crippen molar-refractivity contribution in [2.24, 2.45) is 0 Å². The van der Waals surface area contributed by atoms with Gasteiger partial charge >= 0.3 is 0 Å². The number of aromatic nitrogens is 4. The molecule has 4 nitrogen and oxygen atoms in total. The molecule has 5 heteroatoms. The first-order chi connectivity index (χ1) is 29.5. The topological polar surface area (TPSA) is 51.6 Å². The number of thiophene rings is 1. The maximum absolute atomic E-state index is 5.50. The van der Waals surface area contributed by atoms with Gasteiger partial charge in [0, 0.05) is 69.6 Å². The zero-order valence-corrected chi connectivity index (χ0v) is 33.8. The van der Waals surface area contributed by atoms with Crippen LogP contribution in [0.2, 0.25) is 0 Å². The van der Waals surface area contributed by atoms with Crippen molar-refractivity contribution in [3.05, 3.63) is 193 Å². The summed E-state index contributed by atoms with van der Waals surface area (Å²) in [7, 11) is 0. The summed E-state index contributed by atoms with van der Waals surface area (Å²) >= 11 is 1.86. The number of hydrogen-bond donors (Lipinski definition) is 0. The predicted octanol–water partition coefficient (Wildman–Crippen LogP) is 14.6. The van der Waals surface area contributed by atoms with Crippen molar-refractivity contribution in [1.82, 2.24) is 19.9 Å². The van der Waals surface area contributed by atoms with Gasteiger partial charge in [-0.05, 0) is 52.1 Å². The highest BCUT2D eigenvalue weighted by molar-refractivity contribution is 7.26. The Labute approximate surface area is 351 Å². The third-order valence-corrected chi connectivity index (χ3v) is 13.5. The molecule has 0 bridgehead atoms. The van der Waals surface area contributed by atoms with Crippen molar-refractivity contribution in [1.29, 1.82) is 0 Å². The number of pyridine rings is 1. The van der Waals surface area contributed by atoms with E-state index in [1.807, 2.05) is 72.0 Å². The minimum atomic E-state index is -0.124. The lowest BCUT2D eigenvalue weighted by Crippen LogP contribution is -2.14. The van der Waals surface area contributed by atoms with Crippen molar-refractivity contribution in [2.45, 2.75) is 19.3 Å². The summed E-state index contributed by atoms with van der Waals surface area (Å²) < 4.78 is 2.53. The molecule has 0 aliphatic heterocycles. The molecule has 3 aromatic heterocycles. The molecule has 11 aromatic rings. The Morgan fingerprint density at radius 2 is 0.933 bits per heavy atom. The Kier molecular flexibility index (Phi) is 7.72. The SMILES string of the molecule is CC1(C)c2ccccc2-c2ccc(-c3nc4ccccc4c4c3cc(-c3ccc(-c5nc(-c6ccccc6)nc(-c6ccccc6)n5)cc3)c3sc5ccccc5c34)cc21. The van der Waals surface area contributed by atoms with E-state index < -0.39 is 0 Å². The van der Waals surface area contributed by atoms with Gasteiger partial charge in [-0.2, -0.15) is 0 Å². The molecule has 0 N–H and O–H groups in total. The molecular formula is C55H36N4S. The summed E-state index contributed by atoms with van der Waals surface area (Å²) in [6.45, 7) is 4.69. The van der Waals surface area contributed by atoms with Gasteiger partial charge in [0.15, 0.2) is 17.5 Å². The van der Waals surface area contributed by atoms with Crippen LogP contribution in [0.25, 0.3) is 110 Å². The highest BCUT2D eigenvalue weighted by Crippen LogP contribution is 2.51. The highest BCUT2D eigenvalue weighted by atomic mass is 32.1. The van der Waals surface area contributed by atoms with Gasteiger partial charge < -0.3 is 0 Å². The number of benzene rings is 8. The van der Waals surface area contributed by atoms with E-state index in [1.54, 1.807) is 0 Å². The third kappa shape index (κ3) is 5.36. The van der Waals surface area contributed by atoms with Gasteiger partial charge in [0.2, 0.25) is 0 Å². The van der Waals surface area contributed by atoms with E-state index in [0.29, 0.717) is 17.5 Å². The molecule has 0 spiro atoms. The van der Waals surface area contributed by atoms with E-state index >= 15 is 0 Å². The largest absolute Gasteiger partial charge is 0.247 e. The summed E-state index contributed by atoms with van der Waals surface area (Å²) in [4.78, 5) is 20.4. The maximum atomic E-state index is 5.50. The van der Waals surface area contributed by atoms with Crippen LogP contribution in [0, 0.1) is 0 Å². The molecular weight excluding hydrogens is 749 g/mol. The average molecular weight is 785 g/mol. The van der Waals surface area contributed by atoms with Crippen LogP contribution >= 0.6 is 11.3 Å². The molecule has 1 aliphatic rings. The summed E-state index contributed by atoms with van der Waals surface area (Å²) in [6, 6.07) is 64.7. The molecule has 0 saturated heterocycles. The van der Waals surface area contributed by atoms with E-state index in [9.17, 15) is 0 Å². The van der Waals surface area contributed by atoms with Gasteiger partial charge in [0.1, 0.15) is 0 Å². The quantitative estimate of drug-likeness (QED) is 0.163. The molecule has 0 saturated carbocycles. The molecule has 0 fully saturated rings. The van der Waals surface area contributed by atoms with Gasteiger partial charge in [0.05, 0.1) is 11.2 Å².